The lowest BCUT2D eigenvalue weighted by Crippen LogP contribution is -2.40. The normalized spacial score (nSPS) is 10.4. The molecule has 0 aliphatic heterocycles. The second kappa shape index (κ2) is 6.37. The maximum absolute atomic E-state index is 12.1. The van der Waals surface area contributed by atoms with E-state index in [1.165, 1.54) is 24.7 Å². The van der Waals surface area contributed by atoms with Gasteiger partial charge >= 0.3 is 5.69 Å². The van der Waals surface area contributed by atoms with Gasteiger partial charge in [-0.1, -0.05) is 27.5 Å². The standard InChI is InChI=1S/C13H12BrClN4O3/c1-18-10(6-11(20)19(2)13(18)22)16-17-12(21)8-5-7(14)3-4-9(8)15/h3-6,16H,1-2H3,(H,17,21). The van der Waals surface area contributed by atoms with Crippen LogP contribution in [0.2, 0.25) is 5.02 Å². The lowest BCUT2D eigenvalue weighted by molar-refractivity contribution is 0.0962. The van der Waals surface area contributed by atoms with E-state index in [0.29, 0.717) is 4.47 Å². The molecule has 0 aliphatic rings. The molecule has 22 heavy (non-hydrogen) atoms. The zero-order valence-electron chi connectivity index (χ0n) is 11.7. The van der Waals surface area contributed by atoms with Crippen molar-refractivity contribution in [1.29, 1.82) is 0 Å². The minimum Gasteiger partial charge on any atom is -0.283 e. The lowest BCUT2D eigenvalue weighted by Gasteiger charge is -2.13. The van der Waals surface area contributed by atoms with Crippen molar-refractivity contribution in [2.24, 2.45) is 14.1 Å². The lowest BCUT2D eigenvalue weighted by atomic mass is 10.2. The minimum absolute atomic E-state index is 0.160. The molecular weight excluding hydrogens is 376 g/mol. The van der Waals surface area contributed by atoms with E-state index in [-0.39, 0.29) is 16.4 Å². The van der Waals surface area contributed by atoms with Gasteiger partial charge in [0.15, 0.2) is 0 Å². The number of nitrogens with one attached hydrogen (secondary N) is 2. The van der Waals surface area contributed by atoms with Gasteiger partial charge in [0.05, 0.1) is 10.6 Å². The number of hydrazine groups is 1. The fourth-order valence-corrected chi connectivity index (χ4v) is 2.28. The van der Waals surface area contributed by atoms with Gasteiger partial charge in [0, 0.05) is 24.6 Å². The molecule has 0 saturated heterocycles. The van der Waals surface area contributed by atoms with Gasteiger partial charge in [-0.3, -0.25) is 29.6 Å². The van der Waals surface area contributed by atoms with Crippen molar-refractivity contribution in [2.75, 3.05) is 5.43 Å². The number of nitrogens with zero attached hydrogens (tertiary/aromatic N) is 2. The molecule has 1 aromatic carbocycles. The molecule has 0 spiro atoms. The van der Waals surface area contributed by atoms with Gasteiger partial charge in [-0.25, -0.2) is 4.79 Å². The summed E-state index contributed by atoms with van der Waals surface area (Å²) in [6.07, 6.45) is 0. The Bertz CT molecular complexity index is 859. The Morgan fingerprint density at radius 3 is 2.55 bits per heavy atom. The van der Waals surface area contributed by atoms with Crippen LogP contribution in [0, 0.1) is 0 Å². The molecular formula is C13H12BrClN4O3. The predicted molar refractivity (Wildman–Crippen MR) is 87.2 cm³/mol. The van der Waals surface area contributed by atoms with Crippen LogP contribution in [0.15, 0.2) is 38.3 Å². The average Bonchev–Trinajstić information content (AvgIpc) is 2.49. The molecule has 0 saturated carbocycles. The summed E-state index contributed by atoms with van der Waals surface area (Å²) in [6, 6.07) is 6.04. The average molecular weight is 388 g/mol. The minimum atomic E-state index is -0.510. The molecule has 1 aromatic heterocycles. The maximum atomic E-state index is 12.1. The van der Waals surface area contributed by atoms with Crippen molar-refractivity contribution < 1.29 is 4.79 Å². The zero-order chi connectivity index (χ0) is 16.4. The largest absolute Gasteiger partial charge is 0.332 e. The Kier molecular flexibility index (Phi) is 4.72. The van der Waals surface area contributed by atoms with E-state index in [4.69, 9.17) is 11.6 Å². The first kappa shape index (κ1) is 16.3. The van der Waals surface area contributed by atoms with Gasteiger partial charge in [0.1, 0.15) is 5.82 Å². The van der Waals surface area contributed by atoms with Crippen LogP contribution in [0.1, 0.15) is 10.4 Å². The number of carbonyl (C=O) groups is 1. The number of hydrogen-bond donors (Lipinski definition) is 2. The third-order valence-corrected chi connectivity index (χ3v) is 3.83. The highest BCUT2D eigenvalue weighted by molar-refractivity contribution is 9.10. The van der Waals surface area contributed by atoms with E-state index in [1.807, 2.05) is 0 Å². The smallest absolute Gasteiger partial charge is 0.283 e. The van der Waals surface area contributed by atoms with E-state index in [9.17, 15) is 14.4 Å². The first-order valence-electron chi connectivity index (χ1n) is 6.09. The monoisotopic (exact) mass is 386 g/mol. The van der Waals surface area contributed by atoms with Crippen molar-refractivity contribution in [3.8, 4) is 0 Å². The number of aromatic nitrogens is 2. The van der Waals surface area contributed by atoms with E-state index in [2.05, 4.69) is 26.8 Å². The van der Waals surface area contributed by atoms with Crippen LogP contribution in [0.25, 0.3) is 0 Å². The summed E-state index contributed by atoms with van der Waals surface area (Å²) in [7, 11) is 2.84. The van der Waals surface area contributed by atoms with Crippen LogP contribution in [-0.2, 0) is 14.1 Å². The first-order chi connectivity index (χ1) is 10.3. The summed E-state index contributed by atoms with van der Waals surface area (Å²) in [5.74, 6) is -0.341. The van der Waals surface area contributed by atoms with Crippen molar-refractivity contribution in [2.45, 2.75) is 0 Å². The van der Waals surface area contributed by atoms with Crippen molar-refractivity contribution in [3.05, 3.63) is 60.2 Å². The van der Waals surface area contributed by atoms with Gasteiger partial charge in [-0.05, 0) is 18.2 Å². The highest BCUT2D eigenvalue weighted by Gasteiger charge is 2.12. The molecule has 2 aromatic rings. The molecule has 2 N–H and O–H groups in total. The summed E-state index contributed by atoms with van der Waals surface area (Å²) in [6.45, 7) is 0. The third kappa shape index (κ3) is 3.23. The number of benzene rings is 1. The van der Waals surface area contributed by atoms with Crippen LogP contribution < -0.4 is 22.1 Å². The fourth-order valence-electron chi connectivity index (χ4n) is 1.71. The van der Waals surface area contributed by atoms with Crippen LogP contribution in [0.3, 0.4) is 0 Å². The Hall–Kier alpha value is -2.06. The van der Waals surface area contributed by atoms with Crippen LogP contribution in [0.4, 0.5) is 5.82 Å². The molecule has 0 aliphatic carbocycles. The quantitative estimate of drug-likeness (QED) is 0.777. The van der Waals surface area contributed by atoms with E-state index < -0.39 is 17.2 Å². The molecule has 0 fully saturated rings. The topological polar surface area (TPSA) is 85.1 Å². The summed E-state index contributed by atoms with van der Waals surface area (Å²) >= 11 is 9.21. The van der Waals surface area contributed by atoms with Gasteiger partial charge in [0.25, 0.3) is 11.5 Å². The Balaban J connectivity index is 2.24. The fraction of sp³-hybridized carbons (Fsp3) is 0.154. The first-order valence-corrected chi connectivity index (χ1v) is 7.27. The highest BCUT2D eigenvalue weighted by atomic mass is 79.9. The Labute approximate surface area is 138 Å². The second-order valence-corrected chi connectivity index (χ2v) is 5.79. The molecule has 7 nitrogen and oxygen atoms in total. The maximum Gasteiger partial charge on any atom is 0.332 e. The van der Waals surface area contributed by atoms with Gasteiger partial charge in [-0.2, -0.15) is 0 Å². The summed E-state index contributed by atoms with van der Waals surface area (Å²) in [5.41, 5.74) is 4.19. The molecule has 116 valence electrons. The Morgan fingerprint density at radius 1 is 1.18 bits per heavy atom. The number of hydrogen-bond acceptors (Lipinski definition) is 4. The number of rotatable bonds is 3. The van der Waals surface area contributed by atoms with Crippen LogP contribution in [0.5, 0.6) is 0 Å². The summed E-state index contributed by atoms with van der Waals surface area (Å²) in [4.78, 5) is 35.5. The molecule has 0 bridgehead atoms. The number of halogens is 2. The SMILES string of the molecule is Cn1c(NNC(=O)c2cc(Br)ccc2Cl)cc(=O)n(C)c1=O. The molecule has 0 unspecified atom stereocenters. The summed E-state index contributed by atoms with van der Waals surface area (Å²) < 4.78 is 2.85. The van der Waals surface area contributed by atoms with Gasteiger partial charge in [0.2, 0.25) is 0 Å². The molecule has 0 radical (unpaired) electrons. The number of carbonyl (C=O) groups excluding carboxylic acids is 1. The summed E-state index contributed by atoms with van der Waals surface area (Å²) in [5, 5.41) is 0.278. The van der Waals surface area contributed by atoms with E-state index >= 15 is 0 Å². The van der Waals surface area contributed by atoms with Crippen LogP contribution in [-0.4, -0.2) is 15.0 Å². The van der Waals surface area contributed by atoms with E-state index in [0.717, 1.165) is 4.57 Å². The highest BCUT2D eigenvalue weighted by Crippen LogP contribution is 2.20. The van der Waals surface area contributed by atoms with Gasteiger partial charge in [-0.15, -0.1) is 0 Å². The second-order valence-electron chi connectivity index (χ2n) is 4.47. The molecule has 1 amide bonds. The zero-order valence-corrected chi connectivity index (χ0v) is 14.0. The molecule has 1 heterocycles. The molecule has 0 atom stereocenters. The molecule has 9 heteroatoms. The number of anilines is 1. The van der Waals surface area contributed by atoms with Crippen molar-refractivity contribution in [1.82, 2.24) is 14.6 Å². The molecule has 2 rings (SSSR count). The third-order valence-electron chi connectivity index (χ3n) is 3.00. The van der Waals surface area contributed by atoms with Gasteiger partial charge < -0.3 is 0 Å². The number of amides is 1. The Morgan fingerprint density at radius 2 is 1.86 bits per heavy atom. The van der Waals surface area contributed by atoms with Crippen LogP contribution >= 0.6 is 27.5 Å². The van der Waals surface area contributed by atoms with Crippen molar-refractivity contribution >= 4 is 39.3 Å². The van der Waals surface area contributed by atoms with Crippen molar-refractivity contribution in [3.63, 3.8) is 0 Å². The predicted octanol–water partition coefficient (Wildman–Crippen LogP) is 1.26. The van der Waals surface area contributed by atoms with E-state index in [1.54, 1.807) is 18.2 Å².